The summed E-state index contributed by atoms with van der Waals surface area (Å²) in [6.45, 7) is 4.69. The molecule has 1 heterocycles. The molecule has 1 aliphatic rings. The summed E-state index contributed by atoms with van der Waals surface area (Å²) in [4.78, 5) is 38.1. The summed E-state index contributed by atoms with van der Waals surface area (Å²) in [6, 6.07) is 3.05. The van der Waals surface area contributed by atoms with Crippen LogP contribution in [0.1, 0.15) is 42.6 Å². The van der Waals surface area contributed by atoms with Gasteiger partial charge in [0.25, 0.3) is 0 Å². The predicted molar refractivity (Wildman–Crippen MR) is 96.7 cm³/mol. The fourth-order valence-electron chi connectivity index (χ4n) is 3.20. The third-order valence-corrected chi connectivity index (χ3v) is 4.41. The number of amides is 2. The molecular weight excluding hydrogens is 336 g/mol. The van der Waals surface area contributed by atoms with Gasteiger partial charge in [-0.3, -0.25) is 14.4 Å². The van der Waals surface area contributed by atoms with E-state index in [4.69, 9.17) is 9.47 Å². The molecule has 0 radical (unpaired) electrons. The van der Waals surface area contributed by atoms with Crippen molar-refractivity contribution in [3.05, 3.63) is 23.3 Å². The molecule has 7 nitrogen and oxygen atoms in total. The highest BCUT2D eigenvalue weighted by Gasteiger charge is 2.30. The van der Waals surface area contributed by atoms with Crippen molar-refractivity contribution in [3.8, 4) is 11.5 Å². The molecule has 1 N–H and O–H groups in total. The summed E-state index contributed by atoms with van der Waals surface area (Å²) >= 11 is 0. The van der Waals surface area contributed by atoms with Gasteiger partial charge in [-0.2, -0.15) is 0 Å². The minimum atomic E-state index is -0.226. The summed E-state index contributed by atoms with van der Waals surface area (Å²) in [6.07, 6.45) is 1.24. The quantitative estimate of drug-likeness (QED) is 0.710. The lowest BCUT2D eigenvalue weighted by Crippen LogP contribution is -2.38. The standard InChI is InChI=1S/C19H26N2O5/c1-5-6-21-11-14(9-19(21)24)20-18(23)8-13-7-16(25-3)17(26-4)10-15(13)12(2)22/h7,10,14H,5-6,8-9,11H2,1-4H3,(H,20,23)/t14-/m0/s1. The molecule has 0 unspecified atom stereocenters. The third kappa shape index (κ3) is 4.53. The SMILES string of the molecule is CCCN1C[C@@H](NC(=O)Cc2cc(OC)c(OC)cc2C(C)=O)CC1=O. The molecule has 7 heteroatoms. The van der Waals surface area contributed by atoms with E-state index in [1.807, 2.05) is 6.92 Å². The van der Waals surface area contributed by atoms with Gasteiger partial charge in [0.2, 0.25) is 11.8 Å². The van der Waals surface area contributed by atoms with E-state index >= 15 is 0 Å². The van der Waals surface area contributed by atoms with Crippen LogP contribution in [0.2, 0.25) is 0 Å². The zero-order chi connectivity index (χ0) is 19.3. The number of carbonyl (C=O) groups is 3. The van der Waals surface area contributed by atoms with Crippen LogP contribution in [0.3, 0.4) is 0 Å². The number of nitrogens with one attached hydrogen (secondary N) is 1. The van der Waals surface area contributed by atoms with Gasteiger partial charge >= 0.3 is 0 Å². The van der Waals surface area contributed by atoms with Crippen LogP contribution in [0.4, 0.5) is 0 Å². The smallest absolute Gasteiger partial charge is 0.224 e. The van der Waals surface area contributed by atoms with Crippen molar-refractivity contribution in [1.29, 1.82) is 0 Å². The molecule has 1 atom stereocenters. The second kappa shape index (κ2) is 8.69. The average molecular weight is 362 g/mol. The van der Waals surface area contributed by atoms with E-state index in [-0.39, 0.29) is 30.1 Å². The minimum absolute atomic E-state index is 0.0355. The van der Waals surface area contributed by atoms with E-state index in [1.165, 1.54) is 21.1 Å². The number of Topliss-reactive ketones (excluding diaryl/α,β-unsaturated/α-hetero) is 1. The van der Waals surface area contributed by atoms with Crippen LogP contribution in [0.5, 0.6) is 11.5 Å². The van der Waals surface area contributed by atoms with E-state index in [2.05, 4.69) is 5.32 Å². The number of carbonyl (C=O) groups excluding carboxylic acids is 3. The van der Waals surface area contributed by atoms with Crippen LogP contribution in [0, 0.1) is 0 Å². The number of ether oxygens (including phenoxy) is 2. The maximum Gasteiger partial charge on any atom is 0.224 e. The normalized spacial score (nSPS) is 16.5. The number of nitrogens with zero attached hydrogens (tertiary/aromatic N) is 1. The molecule has 2 rings (SSSR count). The minimum Gasteiger partial charge on any atom is -0.493 e. The molecule has 0 saturated carbocycles. The van der Waals surface area contributed by atoms with E-state index in [1.54, 1.807) is 17.0 Å². The number of likely N-dealkylation sites (tertiary alicyclic amines) is 1. The Morgan fingerprint density at radius 2 is 1.88 bits per heavy atom. The number of benzene rings is 1. The first kappa shape index (κ1) is 19.8. The van der Waals surface area contributed by atoms with Gasteiger partial charge in [-0.1, -0.05) is 6.92 Å². The Morgan fingerprint density at radius 3 is 2.46 bits per heavy atom. The Kier molecular flexibility index (Phi) is 6.60. The summed E-state index contributed by atoms with van der Waals surface area (Å²) in [5.74, 6) is 0.589. The van der Waals surface area contributed by atoms with Crippen molar-refractivity contribution in [2.75, 3.05) is 27.3 Å². The Bertz CT molecular complexity index is 701. The molecule has 26 heavy (non-hydrogen) atoms. The van der Waals surface area contributed by atoms with E-state index in [9.17, 15) is 14.4 Å². The fourth-order valence-corrected chi connectivity index (χ4v) is 3.20. The summed E-state index contributed by atoms with van der Waals surface area (Å²) in [5, 5.41) is 2.89. The van der Waals surface area contributed by atoms with Gasteiger partial charge in [-0.05, 0) is 31.0 Å². The number of hydrogen-bond acceptors (Lipinski definition) is 5. The molecular formula is C19H26N2O5. The molecule has 1 aliphatic heterocycles. The second-order valence-corrected chi connectivity index (χ2v) is 6.41. The fraction of sp³-hybridized carbons (Fsp3) is 0.526. The third-order valence-electron chi connectivity index (χ3n) is 4.41. The highest BCUT2D eigenvalue weighted by Crippen LogP contribution is 2.31. The van der Waals surface area contributed by atoms with Gasteiger partial charge in [0.05, 0.1) is 26.7 Å². The number of rotatable bonds is 8. The maximum atomic E-state index is 12.4. The molecule has 0 spiro atoms. The number of hydrogen-bond donors (Lipinski definition) is 1. The first-order valence-corrected chi connectivity index (χ1v) is 8.72. The zero-order valence-electron chi connectivity index (χ0n) is 15.8. The van der Waals surface area contributed by atoms with E-state index in [0.29, 0.717) is 42.1 Å². The van der Waals surface area contributed by atoms with Crippen molar-refractivity contribution in [3.63, 3.8) is 0 Å². The van der Waals surface area contributed by atoms with Crippen molar-refractivity contribution in [1.82, 2.24) is 10.2 Å². The Hall–Kier alpha value is -2.57. The summed E-state index contributed by atoms with van der Waals surface area (Å²) in [5.41, 5.74) is 0.996. The molecule has 0 bridgehead atoms. The molecule has 1 fully saturated rings. The van der Waals surface area contributed by atoms with Crippen LogP contribution in [-0.2, 0) is 16.0 Å². The van der Waals surface area contributed by atoms with Crippen LogP contribution in [-0.4, -0.2) is 55.8 Å². The monoisotopic (exact) mass is 362 g/mol. The van der Waals surface area contributed by atoms with Gasteiger partial charge in [0, 0.05) is 25.1 Å². The molecule has 1 saturated heterocycles. The van der Waals surface area contributed by atoms with E-state index in [0.717, 1.165) is 6.42 Å². The van der Waals surface area contributed by atoms with Gasteiger partial charge in [-0.25, -0.2) is 0 Å². The van der Waals surface area contributed by atoms with Crippen molar-refractivity contribution >= 4 is 17.6 Å². The maximum absolute atomic E-state index is 12.4. The molecule has 142 valence electrons. The van der Waals surface area contributed by atoms with Crippen LogP contribution >= 0.6 is 0 Å². The first-order valence-electron chi connectivity index (χ1n) is 8.72. The van der Waals surface area contributed by atoms with Gasteiger partial charge in [0.15, 0.2) is 17.3 Å². The van der Waals surface area contributed by atoms with Crippen LogP contribution in [0.25, 0.3) is 0 Å². The lowest BCUT2D eigenvalue weighted by Gasteiger charge is -2.17. The summed E-state index contributed by atoms with van der Waals surface area (Å²) < 4.78 is 10.5. The van der Waals surface area contributed by atoms with Crippen molar-refractivity contribution < 1.29 is 23.9 Å². The molecule has 0 aliphatic carbocycles. The molecule has 2 amide bonds. The highest BCUT2D eigenvalue weighted by atomic mass is 16.5. The first-order chi connectivity index (χ1) is 12.4. The molecule has 0 aromatic heterocycles. The van der Waals surface area contributed by atoms with Gasteiger partial charge in [-0.15, -0.1) is 0 Å². The van der Waals surface area contributed by atoms with Gasteiger partial charge in [0.1, 0.15) is 0 Å². The number of ketones is 1. The second-order valence-electron chi connectivity index (χ2n) is 6.41. The summed E-state index contributed by atoms with van der Waals surface area (Å²) in [7, 11) is 2.99. The van der Waals surface area contributed by atoms with Crippen molar-refractivity contribution in [2.24, 2.45) is 0 Å². The lowest BCUT2D eigenvalue weighted by molar-refractivity contribution is -0.127. The van der Waals surface area contributed by atoms with Crippen molar-refractivity contribution in [2.45, 2.75) is 39.2 Å². The lowest BCUT2D eigenvalue weighted by atomic mass is 10.00. The van der Waals surface area contributed by atoms with Crippen LogP contribution < -0.4 is 14.8 Å². The van der Waals surface area contributed by atoms with Crippen LogP contribution in [0.15, 0.2) is 12.1 Å². The average Bonchev–Trinajstić information content (AvgIpc) is 2.93. The predicted octanol–water partition coefficient (Wildman–Crippen LogP) is 1.58. The Balaban J connectivity index is 2.11. The largest absolute Gasteiger partial charge is 0.493 e. The molecule has 1 aromatic rings. The van der Waals surface area contributed by atoms with E-state index < -0.39 is 0 Å². The van der Waals surface area contributed by atoms with Gasteiger partial charge < -0.3 is 19.7 Å². The zero-order valence-corrected chi connectivity index (χ0v) is 15.8. The Labute approximate surface area is 153 Å². The topological polar surface area (TPSA) is 84.9 Å². The highest BCUT2D eigenvalue weighted by molar-refractivity contribution is 5.97. The Morgan fingerprint density at radius 1 is 1.23 bits per heavy atom. The number of methoxy groups -OCH3 is 2. The molecule has 1 aromatic carbocycles.